The lowest BCUT2D eigenvalue weighted by molar-refractivity contribution is -0.207. The Morgan fingerprint density at radius 2 is 1.52 bits per heavy atom. The molecule has 3 N–H and O–H groups in total. The maximum absolute atomic E-state index is 13.9. The van der Waals surface area contributed by atoms with Crippen LogP contribution in [0.1, 0.15) is 78.6 Å². The van der Waals surface area contributed by atoms with E-state index in [1.807, 2.05) is 6.92 Å². The normalized spacial score (nSPS) is 41.6. The summed E-state index contributed by atoms with van der Waals surface area (Å²) in [6.45, 7) is 6.25. The number of aliphatic hydroxyl groups is 3. The van der Waals surface area contributed by atoms with E-state index in [1.54, 1.807) is 0 Å². The second-order valence-corrected chi connectivity index (χ2v) is 13.4. The van der Waals surface area contributed by atoms with E-state index in [2.05, 4.69) is 18.6 Å². The minimum absolute atomic E-state index is 0.00124. The molecule has 4 aliphatic rings. The van der Waals surface area contributed by atoms with Crippen LogP contribution in [-0.2, 0) is 4.79 Å². The smallest absolute Gasteiger partial charge is 0.311 e. The Labute approximate surface area is 231 Å². The number of esters is 1. The Hall–Kier alpha value is -1.78. The Kier molecular flexibility index (Phi) is 7.79. The van der Waals surface area contributed by atoms with Crippen molar-refractivity contribution in [3.63, 3.8) is 0 Å². The molecule has 5 nitrogen and oxygen atoms in total. The van der Waals surface area contributed by atoms with E-state index in [0.717, 1.165) is 25.7 Å². The van der Waals surface area contributed by atoms with Crippen LogP contribution in [0.2, 0.25) is 0 Å². The van der Waals surface area contributed by atoms with Crippen molar-refractivity contribution in [3.8, 4) is 5.75 Å². The van der Waals surface area contributed by atoms with Gasteiger partial charge in [0.15, 0.2) is 0 Å². The molecule has 4 aliphatic carbocycles. The van der Waals surface area contributed by atoms with Gasteiger partial charge >= 0.3 is 5.97 Å². The molecular weight excluding hydrogens is 535 g/mol. The average molecular weight is 575 g/mol. The standard InChI is InChI=1S/C30H39F5O5/c1-13(4-7-21(39)40-28-26(34)24(32)23(31)25(33)27(28)35)16-5-6-17-22-18(12-20(38)30(16,17)3)29(2)9-8-15(36)10-14(29)11-19(22)37/h13-20,22,36-38H,4-12H2,1-3H3. The maximum atomic E-state index is 13.9. The lowest BCUT2D eigenvalue weighted by Gasteiger charge is -2.63. The zero-order valence-corrected chi connectivity index (χ0v) is 23.1. The first-order valence-corrected chi connectivity index (χ1v) is 14.5. The summed E-state index contributed by atoms with van der Waals surface area (Å²) in [6, 6.07) is 0. The zero-order chi connectivity index (χ0) is 29.3. The summed E-state index contributed by atoms with van der Waals surface area (Å²) in [5.74, 6) is -13.4. The van der Waals surface area contributed by atoms with Gasteiger partial charge in [-0.05, 0) is 97.7 Å². The lowest BCUT2D eigenvalue weighted by Crippen LogP contribution is -2.62. The SMILES string of the molecule is CC(CCC(=O)Oc1c(F)c(F)c(F)c(F)c1F)C1CCC2C3C(O)CC4CC(O)CCC4(C)C3CC(O)C12C. The van der Waals surface area contributed by atoms with Gasteiger partial charge in [0.2, 0.25) is 34.8 Å². The molecule has 11 atom stereocenters. The summed E-state index contributed by atoms with van der Waals surface area (Å²) in [6.07, 6.45) is 3.52. The van der Waals surface area contributed by atoms with Crippen LogP contribution < -0.4 is 4.74 Å². The predicted molar refractivity (Wildman–Crippen MR) is 134 cm³/mol. The minimum Gasteiger partial charge on any atom is -0.420 e. The first-order valence-electron chi connectivity index (χ1n) is 14.5. The fourth-order valence-corrected chi connectivity index (χ4v) is 9.52. The number of carbonyl (C=O) groups is 1. The molecule has 0 spiro atoms. The first kappa shape index (κ1) is 29.7. The van der Waals surface area contributed by atoms with Crippen molar-refractivity contribution in [2.24, 2.45) is 46.3 Å². The molecule has 4 fully saturated rings. The number of ether oxygens (including phenoxy) is 1. The van der Waals surface area contributed by atoms with Crippen molar-refractivity contribution in [3.05, 3.63) is 29.1 Å². The molecule has 1 aromatic carbocycles. The number of rotatable bonds is 5. The highest BCUT2D eigenvalue weighted by Crippen LogP contribution is 2.68. The van der Waals surface area contributed by atoms with Crippen molar-refractivity contribution in [2.75, 3.05) is 0 Å². The summed E-state index contributed by atoms with van der Waals surface area (Å²) in [5.41, 5.74) is -0.562. The van der Waals surface area contributed by atoms with Gasteiger partial charge in [-0.2, -0.15) is 8.78 Å². The van der Waals surface area contributed by atoms with Gasteiger partial charge in [-0.3, -0.25) is 4.79 Å². The molecule has 0 aromatic heterocycles. The third kappa shape index (κ3) is 4.47. The van der Waals surface area contributed by atoms with Gasteiger partial charge in [0, 0.05) is 6.42 Å². The molecule has 40 heavy (non-hydrogen) atoms. The second kappa shape index (κ2) is 10.5. The van der Waals surface area contributed by atoms with E-state index in [9.17, 15) is 42.1 Å². The molecular formula is C30H39F5O5. The van der Waals surface area contributed by atoms with Crippen molar-refractivity contribution in [2.45, 2.75) is 96.9 Å². The number of benzene rings is 1. The largest absolute Gasteiger partial charge is 0.420 e. The van der Waals surface area contributed by atoms with E-state index in [1.165, 1.54) is 0 Å². The van der Waals surface area contributed by atoms with Crippen LogP contribution >= 0.6 is 0 Å². The molecule has 224 valence electrons. The molecule has 0 heterocycles. The van der Waals surface area contributed by atoms with Gasteiger partial charge < -0.3 is 20.1 Å². The molecule has 0 saturated heterocycles. The van der Waals surface area contributed by atoms with Crippen LogP contribution in [0, 0.1) is 75.4 Å². The Morgan fingerprint density at radius 3 is 2.17 bits per heavy atom. The quantitative estimate of drug-likeness (QED) is 0.139. The number of carbonyl (C=O) groups excluding carboxylic acids is 1. The predicted octanol–water partition coefficient (Wildman–Crippen LogP) is 5.67. The highest BCUT2D eigenvalue weighted by atomic mass is 19.2. The Morgan fingerprint density at radius 1 is 0.900 bits per heavy atom. The summed E-state index contributed by atoms with van der Waals surface area (Å²) in [7, 11) is 0. The second-order valence-electron chi connectivity index (χ2n) is 13.4. The highest BCUT2D eigenvalue weighted by Gasteiger charge is 2.65. The highest BCUT2D eigenvalue weighted by molar-refractivity contribution is 5.72. The average Bonchev–Trinajstić information content (AvgIpc) is 3.27. The van der Waals surface area contributed by atoms with Crippen LogP contribution in [0.4, 0.5) is 22.0 Å². The van der Waals surface area contributed by atoms with Crippen LogP contribution in [0.3, 0.4) is 0 Å². The number of hydrogen-bond donors (Lipinski definition) is 3. The topological polar surface area (TPSA) is 87.0 Å². The van der Waals surface area contributed by atoms with E-state index >= 15 is 0 Å². The van der Waals surface area contributed by atoms with Crippen LogP contribution in [0.25, 0.3) is 0 Å². The van der Waals surface area contributed by atoms with Crippen molar-refractivity contribution in [1.82, 2.24) is 0 Å². The van der Waals surface area contributed by atoms with Gasteiger partial charge in [0.1, 0.15) is 0 Å². The molecule has 4 saturated carbocycles. The number of fused-ring (bicyclic) bond motifs is 5. The van der Waals surface area contributed by atoms with Crippen LogP contribution in [0.15, 0.2) is 0 Å². The van der Waals surface area contributed by atoms with Gasteiger partial charge in [0.05, 0.1) is 18.3 Å². The summed E-state index contributed by atoms with van der Waals surface area (Å²) in [4.78, 5) is 12.4. The Balaban J connectivity index is 1.28. The van der Waals surface area contributed by atoms with Crippen molar-refractivity contribution >= 4 is 5.97 Å². The fraction of sp³-hybridized carbons (Fsp3) is 0.767. The molecule has 0 bridgehead atoms. The molecule has 0 amide bonds. The fourth-order valence-electron chi connectivity index (χ4n) is 9.52. The van der Waals surface area contributed by atoms with Crippen molar-refractivity contribution in [1.29, 1.82) is 0 Å². The molecule has 1 aromatic rings. The minimum atomic E-state index is -2.32. The third-order valence-corrected chi connectivity index (χ3v) is 11.7. The van der Waals surface area contributed by atoms with Crippen LogP contribution in [-0.4, -0.2) is 39.6 Å². The van der Waals surface area contributed by atoms with E-state index in [0.29, 0.717) is 19.3 Å². The van der Waals surface area contributed by atoms with Gasteiger partial charge in [0.25, 0.3) is 0 Å². The molecule has 10 heteroatoms. The molecule has 5 rings (SSSR count). The third-order valence-electron chi connectivity index (χ3n) is 11.7. The monoisotopic (exact) mass is 574 g/mol. The lowest BCUT2D eigenvalue weighted by atomic mass is 9.43. The van der Waals surface area contributed by atoms with Crippen molar-refractivity contribution < 1.29 is 46.8 Å². The van der Waals surface area contributed by atoms with Gasteiger partial charge in [-0.25, -0.2) is 13.2 Å². The number of hydrogen-bond acceptors (Lipinski definition) is 5. The van der Waals surface area contributed by atoms with E-state index in [4.69, 9.17) is 0 Å². The zero-order valence-electron chi connectivity index (χ0n) is 23.1. The molecule has 0 radical (unpaired) electrons. The van der Waals surface area contributed by atoms with Gasteiger partial charge in [-0.1, -0.05) is 20.8 Å². The summed E-state index contributed by atoms with van der Waals surface area (Å²) < 4.78 is 72.7. The summed E-state index contributed by atoms with van der Waals surface area (Å²) in [5, 5.41) is 33.3. The molecule has 11 unspecified atom stereocenters. The number of halogens is 5. The molecule has 0 aliphatic heterocycles. The van der Waals surface area contributed by atoms with Crippen LogP contribution in [0.5, 0.6) is 5.75 Å². The van der Waals surface area contributed by atoms with Gasteiger partial charge in [-0.15, -0.1) is 0 Å². The van der Waals surface area contributed by atoms with E-state index < -0.39 is 58.4 Å². The number of aliphatic hydroxyl groups excluding tert-OH is 3. The van der Waals surface area contributed by atoms with E-state index in [-0.39, 0.29) is 59.9 Å². The Bertz CT molecular complexity index is 1130. The maximum Gasteiger partial charge on any atom is 0.311 e. The first-order chi connectivity index (χ1) is 18.7. The summed E-state index contributed by atoms with van der Waals surface area (Å²) >= 11 is 0.